The van der Waals surface area contributed by atoms with Crippen molar-refractivity contribution in [3.8, 4) is 0 Å². The first kappa shape index (κ1) is 16.4. The van der Waals surface area contributed by atoms with Gasteiger partial charge in [0.15, 0.2) is 0 Å². The fraction of sp³-hybridized carbons (Fsp3) is 0.333. The smallest absolute Gasteiger partial charge is 0.266 e. The molecule has 0 aliphatic rings. The van der Waals surface area contributed by atoms with Crippen molar-refractivity contribution in [3.63, 3.8) is 0 Å². The summed E-state index contributed by atoms with van der Waals surface area (Å²) in [6.45, 7) is 5.85. The first-order chi connectivity index (χ1) is 10.3. The zero-order chi connectivity index (χ0) is 16.3. The van der Waals surface area contributed by atoms with Crippen LogP contribution in [0.25, 0.3) is 0 Å². The summed E-state index contributed by atoms with van der Waals surface area (Å²) in [6.07, 6.45) is 0. The van der Waals surface area contributed by atoms with Gasteiger partial charge >= 0.3 is 0 Å². The van der Waals surface area contributed by atoms with E-state index in [0.29, 0.717) is 5.69 Å². The second-order valence-electron chi connectivity index (χ2n) is 5.18. The molecule has 0 radical (unpaired) electrons. The summed E-state index contributed by atoms with van der Waals surface area (Å²) in [5, 5.41) is 4.06. The van der Waals surface area contributed by atoms with Crippen molar-refractivity contribution in [1.29, 1.82) is 0 Å². The van der Waals surface area contributed by atoms with E-state index in [1.165, 1.54) is 10.7 Å². The van der Waals surface area contributed by atoms with Crippen molar-refractivity contribution in [2.24, 2.45) is 0 Å². The van der Waals surface area contributed by atoms with Crippen LogP contribution in [0.2, 0.25) is 0 Å². The van der Waals surface area contributed by atoms with Crippen LogP contribution in [0.5, 0.6) is 0 Å². The number of nitrogens with one attached hydrogen (secondary N) is 1. The fourth-order valence-electron chi connectivity index (χ4n) is 1.96. The quantitative estimate of drug-likeness (QED) is 0.895. The molecule has 0 atom stereocenters. The van der Waals surface area contributed by atoms with Crippen molar-refractivity contribution in [2.45, 2.75) is 32.2 Å². The van der Waals surface area contributed by atoms with Gasteiger partial charge in [0.05, 0.1) is 17.1 Å². The molecule has 6 nitrogen and oxygen atoms in total. The molecule has 1 aromatic carbocycles. The van der Waals surface area contributed by atoms with Crippen molar-refractivity contribution in [3.05, 3.63) is 57.5 Å². The topological polar surface area (TPSA) is 81.1 Å². The third kappa shape index (κ3) is 3.80. The van der Waals surface area contributed by atoms with Gasteiger partial charge in [-0.1, -0.05) is 6.07 Å². The Hall–Kier alpha value is -1.99. The van der Waals surface area contributed by atoms with Gasteiger partial charge in [-0.3, -0.25) is 4.79 Å². The number of benzene rings is 1. The SMILES string of the molecule is Cc1ccc(=O)n(CCNS(=O)(=O)c2ccc(C)c(C)c2)n1. The molecule has 2 rings (SSSR count). The summed E-state index contributed by atoms with van der Waals surface area (Å²) in [5.41, 5.74) is 2.40. The van der Waals surface area contributed by atoms with E-state index in [2.05, 4.69) is 9.82 Å². The second-order valence-corrected chi connectivity index (χ2v) is 6.95. The first-order valence-corrected chi connectivity index (χ1v) is 8.39. The van der Waals surface area contributed by atoms with Gasteiger partial charge in [-0.2, -0.15) is 5.10 Å². The Bertz CT molecular complexity index is 841. The molecule has 1 aromatic heterocycles. The maximum atomic E-state index is 12.2. The van der Waals surface area contributed by atoms with Crippen LogP contribution in [0.15, 0.2) is 40.0 Å². The molecular formula is C15H19N3O3S. The average Bonchev–Trinajstić information content (AvgIpc) is 2.45. The highest BCUT2D eigenvalue weighted by Crippen LogP contribution is 2.14. The molecule has 2 aromatic rings. The standard InChI is InChI=1S/C15H19N3O3S/c1-11-4-6-14(10-12(11)2)22(20,21)16-8-9-18-15(19)7-5-13(3)17-18/h4-7,10,16H,8-9H2,1-3H3. The number of rotatable bonds is 5. The largest absolute Gasteiger partial charge is 0.268 e. The molecule has 0 fully saturated rings. The van der Waals surface area contributed by atoms with Crippen molar-refractivity contribution >= 4 is 10.0 Å². The molecule has 0 saturated carbocycles. The highest BCUT2D eigenvalue weighted by molar-refractivity contribution is 7.89. The summed E-state index contributed by atoms with van der Waals surface area (Å²) in [5.74, 6) is 0. The van der Waals surface area contributed by atoms with Crippen LogP contribution < -0.4 is 10.3 Å². The minimum absolute atomic E-state index is 0.103. The second kappa shape index (κ2) is 6.41. The molecule has 0 aliphatic heterocycles. The highest BCUT2D eigenvalue weighted by atomic mass is 32.2. The number of nitrogens with zero attached hydrogens (tertiary/aromatic N) is 2. The lowest BCUT2D eigenvalue weighted by Crippen LogP contribution is -2.32. The average molecular weight is 321 g/mol. The highest BCUT2D eigenvalue weighted by Gasteiger charge is 2.14. The monoisotopic (exact) mass is 321 g/mol. The summed E-state index contributed by atoms with van der Waals surface area (Å²) in [7, 11) is -3.59. The predicted octanol–water partition coefficient (Wildman–Crippen LogP) is 1.15. The van der Waals surface area contributed by atoms with E-state index < -0.39 is 10.0 Å². The van der Waals surface area contributed by atoms with Gasteiger partial charge in [0, 0.05) is 12.6 Å². The van der Waals surface area contributed by atoms with Gasteiger partial charge in [0.25, 0.3) is 5.56 Å². The number of aryl methyl sites for hydroxylation is 3. The van der Waals surface area contributed by atoms with E-state index in [9.17, 15) is 13.2 Å². The van der Waals surface area contributed by atoms with Gasteiger partial charge in [-0.15, -0.1) is 0 Å². The van der Waals surface area contributed by atoms with Crippen LogP contribution in [-0.4, -0.2) is 24.7 Å². The number of aromatic nitrogens is 2. The molecule has 7 heteroatoms. The van der Waals surface area contributed by atoms with E-state index in [1.54, 1.807) is 31.2 Å². The molecule has 0 unspecified atom stereocenters. The van der Waals surface area contributed by atoms with Crippen molar-refractivity contribution < 1.29 is 8.42 Å². The summed E-state index contributed by atoms with van der Waals surface area (Å²) in [4.78, 5) is 11.8. The third-order valence-corrected chi connectivity index (χ3v) is 4.86. The molecule has 1 heterocycles. The van der Waals surface area contributed by atoms with Gasteiger partial charge in [0.1, 0.15) is 0 Å². The van der Waals surface area contributed by atoms with Crippen LogP contribution in [0, 0.1) is 20.8 Å². The van der Waals surface area contributed by atoms with Crippen LogP contribution in [0.3, 0.4) is 0 Å². The summed E-state index contributed by atoms with van der Waals surface area (Å²) in [6, 6.07) is 8.02. The van der Waals surface area contributed by atoms with Crippen molar-refractivity contribution in [1.82, 2.24) is 14.5 Å². The molecule has 0 aliphatic carbocycles. The van der Waals surface area contributed by atoms with Gasteiger partial charge < -0.3 is 0 Å². The molecule has 0 spiro atoms. The first-order valence-electron chi connectivity index (χ1n) is 6.91. The van der Waals surface area contributed by atoms with Gasteiger partial charge in [-0.25, -0.2) is 17.8 Å². The molecule has 118 valence electrons. The number of sulfonamides is 1. The van der Waals surface area contributed by atoms with E-state index in [0.717, 1.165) is 11.1 Å². The van der Waals surface area contributed by atoms with E-state index in [-0.39, 0.29) is 23.5 Å². The Labute approximate surface area is 129 Å². The van der Waals surface area contributed by atoms with Crippen molar-refractivity contribution in [2.75, 3.05) is 6.54 Å². The Morgan fingerprint density at radius 2 is 1.82 bits per heavy atom. The third-order valence-electron chi connectivity index (χ3n) is 3.40. The minimum Gasteiger partial charge on any atom is -0.268 e. The lowest BCUT2D eigenvalue weighted by molar-refractivity contribution is 0.544. The zero-order valence-electron chi connectivity index (χ0n) is 12.8. The zero-order valence-corrected chi connectivity index (χ0v) is 13.6. The van der Waals surface area contributed by atoms with Crippen LogP contribution in [0.4, 0.5) is 0 Å². The minimum atomic E-state index is -3.59. The number of hydrogen-bond acceptors (Lipinski definition) is 4. The molecule has 0 saturated heterocycles. The Kier molecular flexibility index (Phi) is 4.77. The van der Waals surface area contributed by atoms with Crippen LogP contribution in [0.1, 0.15) is 16.8 Å². The predicted molar refractivity (Wildman–Crippen MR) is 84.3 cm³/mol. The number of hydrogen-bond donors (Lipinski definition) is 1. The Balaban J connectivity index is 2.08. The molecule has 22 heavy (non-hydrogen) atoms. The molecule has 0 bridgehead atoms. The lowest BCUT2D eigenvalue weighted by atomic mass is 10.1. The van der Waals surface area contributed by atoms with Gasteiger partial charge in [0.2, 0.25) is 10.0 Å². The Morgan fingerprint density at radius 1 is 1.09 bits per heavy atom. The normalized spacial score (nSPS) is 11.6. The van der Waals surface area contributed by atoms with Crippen LogP contribution in [-0.2, 0) is 16.6 Å². The maximum Gasteiger partial charge on any atom is 0.266 e. The molecule has 0 amide bonds. The maximum absolute atomic E-state index is 12.2. The molecule has 1 N–H and O–H groups in total. The lowest BCUT2D eigenvalue weighted by Gasteiger charge is -2.09. The van der Waals surface area contributed by atoms with Gasteiger partial charge in [-0.05, 0) is 50.1 Å². The van der Waals surface area contributed by atoms with E-state index >= 15 is 0 Å². The van der Waals surface area contributed by atoms with Crippen LogP contribution >= 0.6 is 0 Å². The summed E-state index contributed by atoms with van der Waals surface area (Å²) >= 11 is 0. The van der Waals surface area contributed by atoms with E-state index in [1.807, 2.05) is 13.8 Å². The Morgan fingerprint density at radius 3 is 2.50 bits per heavy atom. The van der Waals surface area contributed by atoms with E-state index in [4.69, 9.17) is 0 Å². The summed E-state index contributed by atoms with van der Waals surface area (Å²) < 4.78 is 28.2. The molecular weight excluding hydrogens is 302 g/mol. The fourth-order valence-corrected chi connectivity index (χ4v) is 3.07.